The summed E-state index contributed by atoms with van der Waals surface area (Å²) in [5, 5.41) is 2.60. The normalized spacial score (nSPS) is 12.2. The lowest BCUT2D eigenvalue weighted by Gasteiger charge is -2.18. The van der Waals surface area contributed by atoms with Crippen molar-refractivity contribution < 1.29 is 4.79 Å². The molecule has 0 radical (unpaired) electrons. The van der Waals surface area contributed by atoms with Gasteiger partial charge in [0.05, 0.1) is 16.8 Å². The minimum atomic E-state index is -0.422. The molecule has 4 aromatic rings. The van der Waals surface area contributed by atoms with E-state index in [1.165, 1.54) is 4.68 Å². The largest absolute Gasteiger partial charge is 0.280 e. The van der Waals surface area contributed by atoms with Crippen molar-refractivity contribution in [2.45, 2.75) is 26.2 Å². The molecule has 1 unspecified atom stereocenters. The van der Waals surface area contributed by atoms with Gasteiger partial charge in [-0.1, -0.05) is 61.5 Å². The molecule has 0 aliphatic rings. The molecule has 1 aromatic heterocycles. The molecule has 0 saturated heterocycles. The van der Waals surface area contributed by atoms with Crippen LogP contribution in [0.1, 0.15) is 31.2 Å². The van der Waals surface area contributed by atoms with E-state index in [4.69, 9.17) is 0 Å². The van der Waals surface area contributed by atoms with E-state index in [0.29, 0.717) is 23.1 Å². The van der Waals surface area contributed by atoms with Crippen LogP contribution in [0.5, 0.6) is 0 Å². The lowest BCUT2D eigenvalue weighted by atomic mass is 9.94. The van der Waals surface area contributed by atoms with Gasteiger partial charge in [0.2, 0.25) is 5.91 Å². The van der Waals surface area contributed by atoms with E-state index < -0.39 is 5.92 Å². The van der Waals surface area contributed by atoms with Crippen LogP contribution in [-0.4, -0.2) is 15.6 Å². The number of para-hydroxylation sites is 1. The summed E-state index contributed by atoms with van der Waals surface area (Å²) in [4.78, 5) is 30.5. The molecule has 1 N–H and O–H groups in total. The Labute approximate surface area is 162 Å². The fraction of sp³-hybridized carbons (Fsp3) is 0.174. The number of hydrogen-bond donors (Lipinski definition) is 1. The molecule has 0 bridgehead atoms. The zero-order valence-corrected chi connectivity index (χ0v) is 15.8. The van der Waals surface area contributed by atoms with Crippen molar-refractivity contribution in [1.29, 1.82) is 0 Å². The van der Waals surface area contributed by atoms with Crippen LogP contribution in [0.4, 0.5) is 0 Å². The first-order valence-electron chi connectivity index (χ1n) is 9.39. The Bertz CT molecular complexity index is 1240. The molecule has 0 spiro atoms. The summed E-state index contributed by atoms with van der Waals surface area (Å²) in [6, 6.07) is 21.1. The van der Waals surface area contributed by atoms with E-state index in [9.17, 15) is 9.59 Å². The minimum absolute atomic E-state index is 0.245. The first-order chi connectivity index (χ1) is 13.6. The maximum absolute atomic E-state index is 13.0. The third-order valence-corrected chi connectivity index (χ3v) is 5.07. The predicted molar refractivity (Wildman–Crippen MR) is 112 cm³/mol. The van der Waals surface area contributed by atoms with Gasteiger partial charge in [0.15, 0.2) is 0 Å². The number of carbonyl (C=O) groups excluding carboxylic acids is 1. The second kappa shape index (κ2) is 7.27. The fourth-order valence-corrected chi connectivity index (χ4v) is 3.51. The Morgan fingerprint density at radius 3 is 2.46 bits per heavy atom. The van der Waals surface area contributed by atoms with Crippen LogP contribution in [0, 0.1) is 0 Å². The van der Waals surface area contributed by atoms with Crippen molar-refractivity contribution in [3.63, 3.8) is 0 Å². The zero-order chi connectivity index (χ0) is 19.7. The summed E-state index contributed by atoms with van der Waals surface area (Å²) in [5.41, 5.74) is 4.09. The highest BCUT2D eigenvalue weighted by atomic mass is 16.2. The van der Waals surface area contributed by atoms with E-state index in [0.717, 1.165) is 16.3 Å². The van der Waals surface area contributed by atoms with Gasteiger partial charge in [-0.3, -0.25) is 15.0 Å². The minimum Gasteiger partial charge on any atom is -0.273 e. The predicted octanol–water partition coefficient (Wildman–Crippen LogP) is 3.99. The molecule has 4 rings (SSSR count). The Hall–Kier alpha value is -3.47. The highest BCUT2D eigenvalue weighted by molar-refractivity contribution is 5.96. The van der Waals surface area contributed by atoms with Gasteiger partial charge in [-0.05, 0) is 35.4 Å². The van der Waals surface area contributed by atoms with Crippen LogP contribution in [0.25, 0.3) is 21.7 Å². The summed E-state index contributed by atoms with van der Waals surface area (Å²) < 4.78 is 1.28. The topological polar surface area (TPSA) is 64.0 Å². The molecule has 0 aliphatic carbocycles. The highest BCUT2D eigenvalue weighted by Gasteiger charge is 2.20. The van der Waals surface area contributed by atoms with Crippen LogP contribution < -0.4 is 11.0 Å². The number of carbonyl (C=O) groups is 1. The smallest absolute Gasteiger partial charge is 0.273 e. The monoisotopic (exact) mass is 371 g/mol. The number of aryl methyl sites for hydroxylation is 1. The number of nitrogens with zero attached hydrogens (tertiary/aromatic N) is 2. The van der Waals surface area contributed by atoms with Gasteiger partial charge in [-0.15, -0.1) is 0 Å². The first-order valence-corrected chi connectivity index (χ1v) is 9.39. The molecule has 0 fully saturated rings. The maximum atomic E-state index is 13.0. The summed E-state index contributed by atoms with van der Waals surface area (Å²) in [6.45, 7) is 3.76. The van der Waals surface area contributed by atoms with Crippen LogP contribution in [0.2, 0.25) is 0 Å². The number of rotatable bonds is 4. The van der Waals surface area contributed by atoms with Crippen molar-refractivity contribution in [3.8, 4) is 0 Å². The maximum Gasteiger partial charge on any atom is 0.280 e. The molecule has 3 aromatic carbocycles. The van der Waals surface area contributed by atoms with Crippen molar-refractivity contribution in [2.24, 2.45) is 0 Å². The fourth-order valence-electron chi connectivity index (χ4n) is 3.51. The second-order valence-corrected chi connectivity index (χ2v) is 6.81. The number of nitrogens with one attached hydrogen (secondary N) is 1. The molecular formula is C23H21N3O2. The Morgan fingerprint density at radius 1 is 1.00 bits per heavy atom. The highest BCUT2D eigenvalue weighted by Crippen LogP contribution is 2.25. The molecule has 1 atom stereocenters. The number of fused-ring (bicyclic) bond motifs is 2. The Morgan fingerprint density at radius 2 is 1.68 bits per heavy atom. The van der Waals surface area contributed by atoms with Crippen molar-refractivity contribution in [1.82, 2.24) is 9.66 Å². The van der Waals surface area contributed by atoms with Crippen LogP contribution in [0.3, 0.4) is 0 Å². The SMILES string of the molecule is CCc1nc2ccccc2c(=O)n1NC(=O)C(C)c1cccc2ccccc12. The third kappa shape index (κ3) is 3.05. The Kier molecular flexibility index (Phi) is 4.65. The molecule has 1 heterocycles. The summed E-state index contributed by atoms with van der Waals surface area (Å²) >= 11 is 0. The van der Waals surface area contributed by atoms with E-state index >= 15 is 0 Å². The van der Waals surface area contributed by atoms with Gasteiger partial charge in [-0.2, -0.15) is 0 Å². The molecule has 0 aliphatic heterocycles. The Balaban J connectivity index is 1.74. The standard InChI is InChI=1S/C23H21N3O2/c1-3-21-24-20-14-7-6-12-19(20)23(28)26(21)25-22(27)15(2)17-13-8-10-16-9-4-5-11-18(16)17/h4-15H,3H2,1-2H3,(H,25,27). The average molecular weight is 371 g/mol. The molecule has 0 saturated carbocycles. The molecule has 5 heteroatoms. The number of hydrogen-bond acceptors (Lipinski definition) is 3. The summed E-state index contributed by atoms with van der Waals surface area (Å²) in [7, 11) is 0. The molecule has 140 valence electrons. The molecule has 28 heavy (non-hydrogen) atoms. The van der Waals surface area contributed by atoms with Crippen molar-refractivity contribution >= 4 is 27.6 Å². The third-order valence-electron chi connectivity index (χ3n) is 5.07. The van der Waals surface area contributed by atoms with Crippen molar-refractivity contribution in [2.75, 3.05) is 5.43 Å². The van der Waals surface area contributed by atoms with E-state index in [1.54, 1.807) is 18.2 Å². The summed E-state index contributed by atoms with van der Waals surface area (Å²) in [6.07, 6.45) is 0.531. The van der Waals surface area contributed by atoms with E-state index in [2.05, 4.69) is 10.4 Å². The number of amides is 1. The van der Waals surface area contributed by atoms with Gasteiger partial charge >= 0.3 is 0 Å². The van der Waals surface area contributed by atoms with Gasteiger partial charge in [0.25, 0.3) is 5.56 Å². The number of benzene rings is 3. The van der Waals surface area contributed by atoms with Crippen molar-refractivity contribution in [3.05, 3.63) is 88.5 Å². The average Bonchev–Trinajstić information content (AvgIpc) is 2.74. The van der Waals surface area contributed by atoms with Crippen LogP contribution >= 0.6 is 0 Å². The summed E-state index contributed by atoms with van der Waals surface area (Å²) in [5.74, 6) is -0.137. The lowest BCUT2D eigenvalue weighted by molar-refractivity contribution is -0.118. The lowest BCUT2D eigenvalue weighted by Crippen LogP contribution is -2.38. The number of aromatic nitrogens is 2. The first kappa shape index (κ1) is 17.9. The van der Waals surface area contributed by atoms with Gasteiger partial charge in [0, 0.05) is 6.42 Å². The molecule has 1 amide bonds. The second-order valence-electron chi connectivity index (χ2n) is 6.81. The van der Waals surface area contributed by atoms with Crippen LogP contribution in [0.15, 0.2) is 71.5 Å². The van der Waals surface area contributed by atoms with Gasteiger partial charge in [0.1, 0.15) is 5.82 Å². The van der Waals surface area contributed by atoms with E-state index in [-0.39, 0.29) is 11.5 Å². The van der Waals surface area contributed by atoms with Crippen LogP contribution in [-0.2, 0) is 11.2 Å². The van der Waals surface area contributed by atoms with Gasteiger partial charge < -0.3 is 0 Å². The zero-order valence-electron chi connectivity index (χ0n) is 15.8. The van der Waals surface area contributed by atoms with Gasteiger partial charge in [-0.25, -0.2) is 9.66 Å². The molecular weight excluding hydrogens is 350 g/mol. The molecule has 5 nitrogen and oxygen atoms in total. The quantitative estimate of drug-likeness (QED) is 0.590. The van der Waals surface area contributed by atoms with E-state index in [1.807, 2.05) is 62.4 Å².